The Bertz CT molecular complexity index is 616. The van der Waals surface area contributed by atoms with Gasteiger partial charge in [0.15, 0.2) is 0 Å². The van der Waals surface area contributed by atoms with Crippen molar-refractivity contribution in [3.05, 3.63) is 48.0 Å². The monoisotopic (exact) mass is 428 g/mol. The van der Waals surface area contributed by atoms with Crippen molar-refractivity contribution < 1.29 is 15.0 Å². The summed E-state index contributed by atoms with van der Waals surface area (Å²) in [6.07, 6.45) is 20.6. The van der Waals surface area contributed by atoms with Gasteiger partial charge in [0.2, 0.25) is 0 Å². The van der Waals surface area contributed by atoms with Crippen molar-refractivity contribution in [3.8, 4) is 0 Å². The Labute approximate surface area is 190 Å². The molecule has 2 N–H and O–H groups in total. The van der Waals surface area contributed by atoms with Crippen LogP contribution in [0.4, 0.5) is 0 Å². The van der Waals surface area contributed by atoms with Gasteiger partial charge in [-0.2, -0.15) is 0 Å². The van der Waals surface area contributed by atoms with Gasteiger partial charge >= 0.3 is 5.97 Å². The Hall–Kier alpha value is -1.61. The number of unbranched alkanes of at least 4 members (excludes halogenated alkanes) is 3. The summed E-state index contributed by atoms with van der Waals surface area (Å²) in [6.45, 7) is 1.62. The number of aliphatic hydroxyl groups is 1. The van der Waals surface area contributed by atoms with E-state index < -0.39 is 18.0 Å². The van der Waals surface area contributed by atoms with Crippen LogP contribution in [-0.4, -0.2) is 22.3 Å². The number of aliphatic carboxylic acids is 1. The fourth-order valence-corrected chi connectivity index (χ4v) is 5.19. The predicted octanol–water partition coefficient (Wildman–Crippen LogP) is 7.18. The molecule has 1 aliphatic rings. The van der Waals surface area contributed by atoms with Crippen LogP contribution in [0.15, 0.2) is 42.5 Å². The number of aliphatic hydroxyl groups excluding tert-OH is 1. The van der Waals surface area contributed by atoms with Crippen molar-refractivity contribution in [1.82, 2.24) is 0 Å². The highest BCUT2D eigenvalue weighted by Crippen LogP contribution is 2.29. The molecule has 0 aliphatic heterocycles. The second-order valence-electron chi connectivity index (χ2n) is 9.58. The molecule has 3 unspecified atom stereocenters. The Morgan fingerprint density at radius 2 is 1.71 bits per heavy atom. The van der Waals surface area contributed by atoms with E-state index in [-0.39, 0.29) is 5.92 Å². The van der Waals surface area contributed by atoms with E-state index in [1.54, 1.807) is 6.92 Å². The van der Waals surface area contributed by atoms with Crippen molar-refractivity contribution in [1.29, 1.82) is 0 Å². The SMILES string of the molecule is CC(O)C(C(=O)O)C(CCCCCC=CCCC1CCCCC1)CCc1ccccc1. The van der Waals surface area contributed by atoms with Crippen molar-refractivity contribution in [2.24, 2.45) is 17.8 Å². The van der Waals surface area contributed by atoms with Crippen LogP contribution in [0, 0.1) is 17.8 Å². The number of hydrogen-bond acceptors (Lipinski definition) is 2. The van der Waals surface area contributed by atoms with Crippen LogP contribution in [0.1, 0.15) is 96.0 Å². The van der Waals surface area contributed by atoms with E-state index in [9.17, 15) is 15.0 Å². The largest absolute Gasteiger partial charge is 0.481 e. The van der Waals surface area contributed by atoms with Gasteiger partial charge in [0.25, 0.3) is 0 Å². The molecule has 3 nitrogen and oxygen atoms in total. The number of carboxylic acids is 1. The summed E-state index contributed by atoms with van der Waals surface area (Å²) >= 11 is 0. The van der Waals surface area contributed by atoms with Crippen molar-refractivity contribution in [2.75, 3.05) is 0 Å². The minimum atomic E-state index is -0.867. The van der Waals surface area contributed by atoms with Gasteiger partial charge in [-0.1, -0.05) is 87.4 Å². The van der Waals surface area contributed by atoms with Crippen LogP contribution in [0.3, 0.4) is 0 Å². The molecule has 1 saturated carbocycles. The Kier molecular flexibility index (Phi) is 12.6. The highest BCUT2D eigenvalue weighted by Gasteiger charge is 2.31. The van der Waals surface area contributed by atoms with E-state index in [2.05, 4.69) is 24.3 Å². The fraction of sp³-hybridized carbons (Fsp3) is 0.679. The molecule has 0 amide bonds. The minimum Gasteiger partial charge on any atom is -0.481 e. The summed E-state index contributed by atoms with van der Waals surface area (Å²) in [5.41, 5.74) is 1.24. The summed E-state index contributed by atoms with van der Waals surface area (Å²) in [7, 11) is 0. The smallest absolute Gasteiger partial charge is 0.309 e. The molecule has 1 aromatic carbocycles. The molecule has 0 radical (unpaired) electrons. The fourth-order valence-electron chi connectivity index (χ4n) is 5.19. The van der Waals surface area contributed by atoms with Crippen molar-refractivity contribution in [3.63, 3.8) is 0 Å². The molecular weight excluding hydrogens is 384 g/mol. The molecule has 31 heavy (non-hydrogen) atoms. The van der Waals surface area contributed by atoms with Crippen molar-refractivity contribution >= 4 is 5.97 Å². The van der Waals surface area contributed by atoms with Crippen LogP contribution in [0.2, 0.25) is 0 Å². The van der Waals surface area contributed by atoms with E-state index in [0.29, 0.717) is 0 Å². The third kappa shape index (κ3) is 10.5. The number of benzene rings is 1. The van der Waals surface area contributed by atoms with Gasteiger partial charge in [-0.05, 0) is 69.3 Å². The lowest BCUT2D eigenvalue weighted by Gasteiger charge is -2.26. The van der Waals surface area contributed by atoms with Gasteiger partial charge in [-0.15, -0.1) is 0 Å². The third-order valence-corrected chi connectivity index (χ3v) is 7.04. The first-order valence-corrected chi connectivity index (χ1v) is 12.7. The molecule has 1 aliphatic carbocycles. The van der Waals surface area contributed by atoms with Crippen molar-refractivity contribution in [2.45, 2.75) is 103 Å². The molecule has 0 spiro atoms. The standard InChI is InChI=1S/C28H44O3/c1-23(29)27(28(30)31)26(22-21-25-18-12-8-13-19-25)20-14-6-4-2-3-5-9-15-24-16-10-7-11-17-24/h3,5,8,12-13,18-19,23-24,26-27,29H,2,4,6-7,9-11,14-17,20-22H2,1H3,(H,30,31). The average molecular weight is 429 g/mol. The van der Waals surface area contributed by atoms with Gasteiger partial charge in [0.1, 0.15) is 0 Å². The van der Waals surface area contributed by atoms with Crippen LogP contribution in [-0.2, 0) is 11.2 Å². The van der Waals surface area contributed by atoms with E-state index in [4.69, 9.17) is 0 Å². The topological polar surface area (TPSA) is 57.5 Å². The molecule has 1 aromatic rings. The zero-order chi connectivity index (χ0) is 22.3. The summed E-state index contributed by atoms with van der Waals surface area (Å²) in [5.74, 6) is -0.566. The normalized spacial score (nSPS) is 18.1. The number of carboxylic acid groups (broad SMARTS) is 1. The van der Waals surface area contributed by atoms with Gasteiger partial charge < -0.3 is 10.2 Å². The quantitative estimate of drug-likeness (QED) is 0.230. The molecule has 0 heterocycles. The maximum Gasteiger partial charge on any atom is 0.309 e. The maximum atomic E-state index is 11.8. The number of carbonyl (C=O) groups is 1. The number of hydrogen-bond donors (Lipinski definition) is 2. The first-order chi connectivity index (χ1) is 15.1. The van der Waals surface area contributed by atoms with Crippen LogP contribution in [0.25, 0.3) is 0 Å². The zero-order valence-corrected chi connectivity index (χ0v) is 19.6. The second kappa shape index (κ2) is 15.2. The molecular formula is C28H44O3. The molecule has 3 atom stereocenters. The van der Waals surface area contributed by atoms with Gasteiger partial charge in [-0.3, -0.25) is 4.79 Å². The van der Waals surface area contributed by atoms with Crippen LogP contribution in [0.5, 0.6) is 0 Å². The molecule has 0 aromatic heterocycles. The number of rotatable bonds is 15. The van der Waals surface area contributed by atoms with Crippen LogP contribution < -0.4 is 0 Å². The lowest BCUT2D eigenvalue weighted by molar-refractivity contribution is -0.148. The lowest BCUT2D eigenvalue weighted by Crippen LogP contribution is -2.33. The molecule has 1 fully saturated rings. The average Bonchev–Trinajstić information content (AvgIpc) is 2.77. The maximum absolute atomic E-state index is 11.8. The predicted molar refractivity (Wildman–Crippen MR) is 129 cm³/mol. The molecule has 174 valence electrons. The van der Waals surface area contributed by atoms with Gasteiger partial charge in [0.05, 0.1) is 12.0 Å². The van der Waals surface area contributed by atoms with Gasteiger partial charge in [0, 0.05) is 0 Å². The van der Waals surface area contributed by atoms with E-state index in [1.165, 1.54) is 50.5 Å². The summed E-state index contributed by atoms with van der Waals surface area (Å²) < 4.78 is 0. The number of aryl methyl sites for hydroxylation is 1. The Balaban J connectivity index is 1.67. The summed E-state index contributed by atoms with van der Waals surface area (Å²) in [4.78, 5) is 11.8. The lowest BCUT2D eigenvalue weighted by atomic mass is 9.80. The molecule has 0 bridgehead atoms. The van der Waals surface area contributed by atoms with Crippen LogP contribution >= 0.6 is 0 Å². The third-order valence-electron chi connectivity index (χ3n) is 7.04. The second-order valence-corrected chi connectivity index (χ2v) is 9.58. The molecule has 0 saturated heterocycles. The molecule has 3 heteroatoms. The first-order valence-electron chi connectivity index (χ1n) is 12.7. The van der Waals surface area contributed by atoms with E-state index in [1.807, 2.05) is 18.2 Å². The highest BCUT2D eigenvalue weighted by molar-refractivity contribution is 5.71. The molecule has 2 rings (SSSR count). The summed E-state index contributed by atoms with van der Waals surface area (Å²) in [5, 5.41) is 19.7. The van der Waals surface area contributed by atoms with E-state index in [0.717, 1.165) is 50.9 Å². The Morgan fingerprint density at radius 3 is 2.39 bits per heavy atom. The Morgan fingerprint density at radius 1 is 1.00 bits per heavy atom. The van der Waals surface area contributed by atoms with E-state index >= 15 is 0 Å². The zero-order valence-electron chi connectivity index (χ0n) is 19.6. The summed E-state index contributed by atoms with van der Waals surface area (Å²) in [6, 6.07) is 10.2. The highest BCUT2D eigenvalue weighted by atomic mass is 16.4. The minimum absolute atomic E-state index is 0.0174. The first kappa shape index (κ1) is 25.6. The van der Waals surface area contributed by atoms with Gasteiger partial charge in [-0.25, -0.2) is 0 Å². The number of allylic oxidation sites excluding steroid dienone is 2.